The number of aromatic nitrogens is 2. The highest BCUT2D eigenvalue weighted by molar-refractivity contribution is 4.79. The monoisotopic (exact) mass is 197 g/mol. The van der Waals surface area contributed by atoms with Crippen LogP contribution in [0, 0.1) is 0 Å². The summed E-state index contributed by atoms with van der Waals surface area (Å²) in [6.07, 6.45) is 4.94. The summed E-state index contributed by atoms with van der Waals surface area (Å²) in [5.41, 5.74) is 0. The lowest BCUT2D eigenvalue weighted by molar-refractivity contribution is 0.110. The lowest BCUT2D eigenvalue weighted by Gasteiger charge is -2.09. The van der Waals surface area contributed by atoms with Crippen molar-refractivity contribution >= 4 is 0 Å². The Hall–Kier alpha value is -0.940. The molecule has 0 saturated carbocycles. The molecule has 0 bridgehead atoms. The Labute approximate surface area is 82.8 Å². The molecule has 0 amide bonds. The molecule has 1 aromatic rings. The maximum atomic E-state index is 5.48. The number of nitrogens with zero attached hydrogens (tertiary/aromatic N) is 2. The van der Waals surface area contributed by atoms with Gasteiger partial charge in [-0.25, -0.2) is 0 Å². The molecule has 0 radical (unpaired) electrons. The van der Waals surface area contributed by atoms with Crippen LogP contribution in [0.4, 0.5) is 0 Å². The van der Waals surface area contributed by atoms with E-state index in [-0.39, 0.29) is 0 Å². The minimum absolute atomic E-state index is 0.403. The van der Waals surface area contributed by atoms with Gasteiger partial charge in [0.15, 0.2) is 5.82 Å². The molecule has 1 atom stereocenters. The van der Waals surface area contributed by atoms with Crippen LogP contribution in [0.2, 0.25) is 0 Å². The summed E-state index contributed by atoms with van der Waals surface area (Å²) in [5.74, 6) is 0.754. The van der Waals surface area contributed by atoms with E-state index in [2.05, 4.69) is 20.0 Å². The second-order valence-corrected chi connectivity index (χ2v) is 3.44. The van der Waals surface area contributed by atoms with Gasteiger partial charge in [-0.15, -0.1) is 0 Å². The van der Waals surface area contributed by atoms with Gasteiger partial charge in [0.2, 0.25) is 6.39 Å². The highest BCUT2D eigenvalue weighted by Gasteiger charge is 2.14. The molecular weight excluding hydrogens is 182 g/mol. The molecule has 0 spiro atoms. The summed E-state index contributed by atoms with van der Waals surface area (Å²) in [6.45, 7) is 2.72. The second kappa shape index (κ2) is 5.07. The maximum Gasteiger partial charge on any atom is 0.213 e. The molecule has 1 fully saturated rings. The quantitative estimate of drug-likeness (QED) is 0.691. The van der Waals surface area contributed by atoms with E-state index in [1.54, 1.807) is 0 Å². The fraction of sp³-hybridized carbons (Fsp3) is 0.778. The van der Waals surface area contributed by atoms with Crippen LogP contribution < -0.4 is 5.32 Å². The molecule has 1 N–H and O–H groups in total. The molecule has 5 heteroatoms. The molecule has 1 aliphatic heterocycles. The Kier molecular flexibility index (Phi) is 3.48. The zero-order chi connectivity index (χ0) is 9.64. The predicted octanol–water partition coefficient (Wildman–Crippen LogP) is 0.381. The van der Waals surface area contributed by atoms with Crippen molar-refractivity contribution in [3.05, 3.63) is 12.2 Å². The molecule has 1 aromatic heterocycles. The van der Waals surface area contributed by atoms with E-state index in [1.807, 2.05) is 0 Å². The van der Waals surface area contributed by atoms with Crippen LogP contribution in [-0.4, -0.2) is 35.9 Å². The molecule has 0 aliphatic carbocycles. The van der Waals surface area contributed by atoms with Crippen molar-refractivity contribution in [3.8, 4) is 0 Å². The van der Waals surface area contributed by atoms with E-state index >= 15 is 0 Å². The van der Waals surface area contributed by atoms with Crippen molar-refractivity contribution in [3.63, 3.8) is 0 Å². The number of hydrogen-bond acceptors (Lipinski definition) is 5. The zero-order valence-corrected chi connectivity index (χ0v) is 8.11. The Morgan fingerprint density at radius 1 is 1.57 bits per heavy atom. The minimum Gasteiger partial charge on any atom is -0.377 e. The molecule has 2 heterocycles. The molecule has 1 unspecified atom stereocenters. The molecule has 14 heavy (non-hydrogen) atoms. The lowest BCUT2D eigenvalue weighted by Crippen LogP contribution is -2.28. The van der Waals surface area contributed by atoms with Gasteiger partial charge < -0.3 is 14.6 Å². The second-order valence-electron chi connectivity index (χ2n) is 3.44. The Bertz CT molecular complexity index is 245. The molecule has 1 aliphatic rings. The van der Waals surface area contributed by atoms with Crippen molar-refractivity contribution in [1.82, 2.24) is 15.5 Å². The van der Waals surface area contributed by atoms with Gasteiger partial charge in [-0.1, -0.05) is 5.16 Å². The van der Waals surface area contributed by atoms with Gasteiger partial charge in [-0.05, 0) is 12.8 Å². The molecule has 0 aromatic carbocycles. The van der Waals surface area contributed by atoms with Gasteiger partial charge in [0, 0.05) is 26.1 Å². The SMILES string of the molecule is c1nc(CCNCC2CCCO2)no1. The van der Waals surface area contributed by atoms with Crippen molar-refractivity contribution in [2.45, 2.75) is 25.4 Å². The first-order valence-electron chi connectivity index (χ1n) is 5.03. The summed E-state index contributed by atoms with van der Waals surface area (Å²) in [4.78, 5) is 3.94. The van der Waals surface area contributed by atoms with E-state index in [0.29, 0.717) is 6.10 Å². The van der Waals surface area contributed by atoms with Crippen molar-refractivity contribution in [2.75, 3.05) is 19.7 Å². The van der Waals surface area contributed by atoms with Crippen molar-refractivity contribution < 1.29 is 9.26 Å². The fourth-order valence-electron chi connectivity index (χ4n) is 1.57. The minimum atomic E-state index is 0.403. The Morgan fingerprint density at radius 3 is 3.29 bits per heavy atom. The number of rotatable bonds is 5. The molecule has 5 nitrogen and oxygen atoms in total. The summed E-state index contributed by atoms with van der Waals surface area (Å²) >= 11 is 0. The number of hydrogen-bond donors (Lipinski definition) is 1. The predicted molar refractivity (Wildman–Crippen MR) is 49.8 cm³/mol. The van der Waals surface area contributed by atoms with Crippen LogP contribution in [-0.2, 0) is 11.2 Å². The number of ether oxygens (including phenoxy) is 1. The van der Waals surface area contributed by atoms with Gasteiger partial charge in [0.25, 0.3) is 0 Å². The van der Waals surface area contributed by atoms with Crippen LogP contribution in [0.15, 0.2) is 10.9 Å². The van der Waals surface area contributed by atoms with Gasteiger partial charge in [-0.2, -0.15) is 4.98 Å². The van der Waals surface area contributed by atoms with E-state index in [4.69, 9.17) is 4.74 Å². The summed E-state index contributed by atoms with van der Waals surface area (Å²) in [5, 5.41) is 7.05. The van der Waals surface area contributed by atoms with E-state index in [9.17, 15) is 0 Å². The highest BCUT2D eigenvalue weighted by Crippen LogP contribution is 2.10. The summed E-state index contributed by atoms with van der Waals surface area (Å²) in [6, 6.07) is 0. The van der Waals surface area contributed by atoms with Gasteiger partial charge in [-0.3, -0.25) is 0 Å². The fourth-order valence-corrected chi connectivity index (χ4v) is 1.57. The molecule has 1 saturated heterocycles. The number of nitrogens with one attached hydrogen (secondary N) is 1. The standard InChI is InChI=1S/C9H15N3O2/c1-2-8(13-5-1)6-10-4-3-9-11-7-14-12-9/h7-8,10H,1-6H2. The van der Waals surface area contributed by atoms with E-state index in [1.165, 1.54) is 19.2 Å². The average Bonchev–Trinajstić information content (AvgIpc) is 2.86. The normalized spacial score (nSPS) is 21.6. The van der Waals surface area contributed by atoms with Crippen LogP contribution in [0.5, 0.6) is 0 Å². The molecular formula is C9H15N3O2. The van der Waals surface area contributed by atoms with E-state index < -0.39 is 0 Å². The third-order valence-corrected chi connectivity index (χ3v) is 2.33. The lowest BCUT2D eigenvalue weighted by atomic mass is 10.2. The van der Waals surface area contributed by atoms with Crippen molar-refractivity contribution in [1.29, 1.82) is 0 Å². The van der Waals surface area contributed by atoms with Gasteiger partial charge in [0.1, 0.15) is 0 Å². The topological polar surface area (TPSA) is 60.2 Å². The van der Waals surface area contributed by atoms with Gasteiger partial charge >= 0.3 is 0 Å². The van der Waals surface area contributed by atoms with Crippen LogP contribution in [0.25, 0.3) is 0 Å². The summed E-state index contributed by atoms with van der Waals surface area (Å²) < 4.78 is 10.1. The first-order chi connectivity index (χ1) is 6.95. The Balaban J connectivity index is 1.55. The van der Waals surface area contributed by atoms with Crippen LogP contribution in [0.3, 0.4) is 0 Å². The Morgan fingerprint density at radius 2 is 2.57 bits per heavy atom. The summed E-state index contributed by atoms with van der Waals surface area (Å²) in [7, 11) is 0. The third kappa shape index (κ3) is 2.78. The first-order valence-corrected chi connectivity index (χ1v) is 5.03. The first kappa shape index (κ1) is 9.61. The maximum absolute atomic E-state index is 5.48. The largest absolute Gasteiger partial charge is 0.377 e. The van der Waals surface area contributed by atoms with Crippen LogP contribution >= 0.6 is 0 Å². The van der Waals surface area contributed by atoms with Crippen molar-refractivity contribution in [2.24, 2.45) is 0 Å². The van der Waals surface area contributed by atoms with Crippen LogP contribution in [0.1, 0.15) is 18.7 Å². The average molecular weight is 197 g/mol. The molecule has 2 rings (SSSR count). The smallest absolute Gasteiger partial charge is 0.213 e. The zero-order valence-electron chi connectivity index (χ0n) is 8.11. The molecule has 78 valence electrons. The van der Waals surface area contributed by atoms with Gasteiger partial charge in [0.05, 0.1) is 6.10 Å². The highest BCUT2D eigenvalue weighted by atomic mass is 16.5. The third-order valence-electron chi connectivity index (χ3n) is 2.33. The van der Waals surface area contributed by atoms with E-state index in [0.717, 1.165) is 31.9 Å².